The number of carbonyl (C=O) groups excluding carboxylic acids is 4. The van der Waals surface area contributed by atoms with Gasteiger partial charge in [0, 0.05) is 26.0 Å². The minimum Gasteiger partial charge on any atom is -0.494 e. The van der Waals surface area contributed by atoms with E-state index < -0.39 is 11.8 Å². The molecule has 1 heterocycles. The number of amides is 4. The standard InChI is InChI=1S/C25H28N6O8/c1-16(32)26-20-7-5-18(11-22(20)38-3)30(36)24(34)13-28-9-10-29(15-28)14-25(35)31(37)19-6-8-21(27-17(2)33)23(12-19)39-4/h5-12,15,36-37H,13-14H2,1-4H3,(H-,26,27,32,33)/p+1. The highest BCUT2D eigenvalue weighted by molar-refractivity contribution is 5.94. The second kappa shape index (κ2) is 12.5. The van der Waals surface area contributed by atoms with Crippen molar-refractivity contribution in [3.8, 4) is 11.5 Å². The van der Waals surface area contributed by atoms with Crippen molar-refractivity contribution in [3.63, 3.8) is 0 Å². The first-order valence-electron chi connectivity index (χ1n) is 11.5. The first kappa shape index (κ1) is 28.6. The number of carbonyl (C=O) groups is 4. The van der Waals surface area contributed by atoms with Gasteiger partial charge in [-0.25, -0.2) is 9.13 Å². The van der Waals surface area contributed by atoms with Gasteiger partial charge in [-0.2, -0.15) is 10.1 Å². The number of rotatable bonds is 10. The highest BCUT2D eigenvalue weighted by Crippen LogP contribution is 2.30. The molecule has 39 heavy (non-hydrogen) atoms. The fourth-order valence-electron chi connectivity index (χ4n) is 3.57. The highest BCUT2D eigenvalue weighted by Gasteiger charge is 2.22. The summed E-state index contributed by atoms with van der Waals surface area (Å²) in [5.41, 5.74) is 1.01. The lowest BCUT2D eigenvalue weighted by Gasteiger charge is -2.17. The normalized spacial score (nSPS) is 10.4. The second-order valence-electron chi connectivity index (χ2n) is 8.30. The van der Waals surface area contributed by atoms with Crippen LogP contribution in [0.4, 0.5) is 22.7 Å². The van der Waals surface area contributed by atoms with E-state index >= 15 is 0 Å². The Bertz CT molecular complexity index is 1290. The third kappa shape index (κ3) is 7.30. The van der Waals surface area contributed by atoms with E-state index in [0.717, 1.165) is 0 Å². The van der Waals surface area contributed by atoms with Gasteiger partial charge in [0.05, 0.1) is 37.0 Å². The van der Waals surface area contributed by atoms with Gasteiger partial charge in [0.15, 0.2) is 13.1 Å². The largest absolute Gasteiger partial charge is 0.494 e. The number of benzene rings is 2. The number of aromatic nitrogens is 2. The van der Waals surface area contributed by atoms with Crippen LogP contribution in [-0.2, 0) is 32.3 Å². The predicted octanol–water partition coefficient (Wildman–Crippen LogP) is 1.55. The summed E-state index contributed by atoms with van der Waals surface area (Å²) in [4.78, 5) is 47.9. The fourth-order valence-corrected chi connectivity index (χ4v) is 3.57. The van der Waals surface area contributed by atoms with E-state index in [1.807, 2.05) is 0 Å². The molecule has 14 heteroatoms. The molecule has 0 spiro atoms. The maximum Gasteiger partial charge on any atom is 0.292 e. The first-order valence-corrected chi connectivity index (χ1v) is 11.5. The molecule has 2 aromatic carbocycles. The molecule has 14 nitrogen and oxygen atoms in total. The van der Waals surface area contributed by atoms with Crippen LogP contribution >= 0.6 is 0 Å². The van der Waals surface area contributed by atoms with Crippen LogP contribution in [0.3, 0.4) is 0 Å². The van der Waals surface area contributed by atoms with E-state index in [1.54, 1.807) is 0 Å². The van der Waals surface area contributed by atoms with E-state index in [1.165, 1.54) is 92.3 Å². The van der Waals surface area contributed by atoms with Crippen molar-refractivity contribution in [3.05, 3.63) is 55.1 Å². The van der Waals surface area contributed by atoms with Crippen molar-refractivity contribution >= 4 is 46.4 Å². The van der Waals surface area contributed by atoms with Crippen molar-refractivity contribution in [2.24, 2.45) is 0 Å². The van der Waals surface area contributed by atoms with Gasteiger partial charge in [0.2, 0.25) is 18.1 Å². The maximum atomic E-state index is 12.6. The molecular formula is C25H29N6O8+. The second-order valence-corrected chi connectivity index (χ2v) is 8.30. The third-order valence-corrected chi connectivity index (χ3v) is 5.34. The highest BCUT2D eigenvalue weighted by atomic mass is 16.5. The Kier molecular flexibility index (Phi) is 9.20. The third-order valence-electron chi connectivity index (χ3n) is 5.34. The van der Waals surface area contributed by atoms with Gasteiger partial charge in [-0.1, -0.05) is 0 Å². The monoisotopic (exact) mass is 541 g/mol. The lowest BCUT2D eigenvalue weighted by molar-refractivity contribution is -0.683. The Balaban J connectivity index is 1.64. The SMILES string of the molecule is COc1cc(N(O)C(=O)Cn2cc[n+](CC(=O)N(O)c3ccc(NC(C)=O)c(OC)c3)c2)ccc1NC(C)=O. The molecule has 0 atom stereocenters. The van der Waals surface area contributed by atoms with Gasteiger partial charge < -0.3 is 20.1 Å². The number of hydrogen-bond acceptors (Lipinski definition) is 8. The van der Waals surface area contributed by atoms with Crippen LogP contribution in [0, 0.1) is 0 Å². The summed E-state index contributed by atoms with van der Waals surface area (Å²) in [6.07, 6.45) is 4.50. The Morgan fingerprint density at radius 2 is 1.33 bits per heavy atom. The number of imidazole rings is 1. The van der Waals surface area contributed by atoms with E-state index in [4.69, 9.17) is 9.47 Å². The summed E-state index contributed by atoms with van der Waals surface area (Å²) >= 11 is 0. The summed E-state index contributed by atoms with van der Waals surface area (Å²) in [5.74, 6) is -1.48. The van der Waals surface area contributed by atoms with Crippen molar-refractivity contribution in [2.75, 3.05) is 35.0 Å². The van der Waals surface area contributed by atoms with Crippen LogP contribution in [0.25, 0.3) is 0 Å². The van der Waals surface area contributed by atoms with E-state index in [0.29, 0.717) is 21.5 Å². The van der Waals surface area contributed by atoms with E-state index in [-0.39, 0.29) is 47.8 Å². The lowest BCUT2D eigenvalue weighted by Crippen LogP contribution is -2.43. The maximum absolute atomic E-state index is 12.6. The smallest absolute Gasteiger partial charge is 0.292 e. The zero-order valence-corrected chi connectivity index (χ0v) is 21.7. The topological polar surface area (TPSA) is 167 Å². The molecule has 206 valence electrons. The molecular weight excluding hydrogens is 512 g/mol. The van der Waals surface area contributed by atoms with Crippen molar-refractivity contribution in [1.82, 2.24) is 4.57 Å². The quantitative estimate of drug-likeness (QED) is 0.170. The molecule has 0 radical (unpaired) electrons. The summed E-state index contributed by atoms with van der Waals surface area (Å²) in [6, 6.07) is 8.65. The van der Waals surface area contributed by atoms with E-state index in [2.05, 4.69) is 10.6 Å². The number of anilines is 4. The first-order chi connectivity index (χ1) is 18.5. The van der Waals surface area contributed by atoms with Gasteiger partial charge in [0.25, 0.3) is 11.8 Å². The van der Waals surface area contributed by atoms with Gasteiger partial charge in [0.1, 0.15) is 23.9 Å². The number of ether oxygens (including phenoxy) is 2. The van der Waals surface area contributed by atoms with Crippen LogP contribution in [-0.4, -0.2) is 52.8 Å². The van der Waals surface area contributed by atoms with Crippen LogP contribution in [0.15, 0.2) is 55.1 Å². The molecule has 0 saturated carbocycles. The zero-order valence-electron chi connectivity index (χ0n) is 21.7. The minimum absolute atomic E-state index is 0.122. The summed E-state index contributed by atoms with van der Waals surface area (Å²) < 4.78 is 13.3. The molecule has 0 aliphatic carbocycles. The molecule has 0 fully saturated rings. The van der Waals surface area contributed by atoms with Crippen molar-refractivity contribution < 1.29 is 43.6 Å². The van der Waals surface area contributed by atoms with Crippen LogP contribution < -0.4 is 34.8 Å². The number of nitrogens with one attached hydrogen (secondary N) is 2. The molecule has 3 rings (SSSR count). The zero-order chi connectivity index (χ0) is 28.7. The van der Waals surface area contributed by atoms with Gasteiger partial charge in [-0.15, -0.1) is 0 Å². The number of methoxy groups -OCH3 is 2. The molecule has 0 unspecified atom stereocenters. The molecule has 0 bridgehead atoms. The summed E-state index contributed by atoms with van der Waals surface area (Å²) in [6.45, 7) is 2.15. The Labute approximate surface area is 223 Å². The molecule has 3 aromatic rings. The minimum atomic E-state index is -0.687. The van der Waals surface area contributed by atoms with Gasteiger partial charge in [-0.05, 0) is 24.3 Å². The average Bonchev–Trinajstić information content (AvgIpc) is 3.33. The van der Waals surface area contributed by atoms with Gasteiger partial charge in [-0.3, -0.25) is 29.6 Å². The van der Waals surface area contributed by atoms with Crippen LogP contribution in [0.2, 0.25) is 0 Å². The van der Waals surface area contributed by atoms with Crippen molar-refractivity contribution in [2.45, 2.75) is 26.9 Å². The summed E-state index contributed by atoms with van der Waals surface area (Å²) in [5, 5.41) is 26.9. The summed E-state index contributed by atoms with van der Waals surface area (Å²) in [7, 11) is 2.78. The molecule has 0 aliphatic heterocycles. The molecule has 0 saturated heterocycles. The van der Waals surface area contributed by atoms with Crippen LogP contribution in [0.5, 0.6) is 11.5 Å². The van der Waals surface area contributed by atoms with Gasteiger partial charge >= 0.3 is 0 Å². The Hall–Kier alpha value is -4.95. The number of nitrogens with zero attached hydrogens (tertiary/aromatic N) is 4. The fraction of sp³-hybridized carbons (Fsp3) is 0.240. The molecule has 1 aromatic heterocycles. The Morgan fingerprint density at radius 1 is 0.846 bits per heavy atom. The Morgan fingerprint density at radius 3 is 1.79 bits per heavy atom. The number of hydroxylamine groups is 2. The van der Waals surface area contributed by atoms with E-state index in [9.17, 15) is 29.6 Å². The number of hydrogen-bond donors (Lipinski definition) is 4. The molecule has 0 aliphatic rings. The lowest BCUT2D eigenvalue weighted by atomic mass is 10.2. The molecule has 4 amide bonds. The average molecular weight is 542 g/mol. The van der Waals surface area contributed by atoms with Crippen molar-refractivity contribution in [1.29, 1.82) is 0 Å². The van der Waals surface area contributed by atoms with Crippen LogP contribution in [0.1, 0.15) is 13.8 Å². The predicted molar refractivity (Wildman–Crippen MR) is 138 cm³/mol. The molecule has 4 N–H and O–H groups in total.